The largest absolute Gasteiger partial charge is 0.504 e. The molecule has 0 aliphatic heterocycles. The minimum atomic E-state index is -0.807. The summed E-state index contributed by atoms with van der Waals surface area (Å²) in [5, 5.41) is 27.8. The summed E-state index contributed by atoms with van der Waals surface area (Å²) in [6.07, 6.45) is -0.131. The van der Waals surface area contributed by atoms with E-state index >= 15 is 0 Å². The molecule has 17 heavy (non-hydrogen) atoms. The van der Waals surface area contributed by atoms with Crippen LogP contribution in [0.4, 0.5) is 0 Å². The van der Waals surface area contributed by atoms with E-state index in [2.05, 4.69) is 4.74 Å². The van der Waals surface area contributed by atoms with Crippen LogP contribution in [0.1, 0.15) is 18.0 Å². The molecule has 0 radical (unpaired) electrons. The fourth-order valence-electron chi connectivity index (χ4n) is 1.26. The van der Waals surface area contributed by atoms with Gasteiger partial charge in [-0.2, -0.15) is 0 Å². The summed E-state index contributed by atoms with van der Waals surface area (Å²) >= 11 is 0. The number of halogens is 1. The van der Waals surface area contributed by atoms with Gasteiger partial charge in [0.15, 0.2) is 11.5 Å². The van der Waals surface area contributed by atoms with Gasteiger partial charge in [-0.05, 0) is 12.1 Å². The number of methoxy groups -OCH3 is 1. The smallest absolute Gasteiger partial charge is 0.307 e. The first-order chi connectivity index (χ1) is 7.47. The highest BCUT2D eigenvalue weighted by atomic mass is 35.5. The zero-order valence-corrected chi connectivity index (χ0v) is 9.90. The Morgan fingerprint density at radius 3 is 2.47 bits per heavy atom. The second-order valence-corrected chi connectivity index (χ2v) is 3.26. The summed E-state index contributed by atoms with van der Waals surface area (Å²) in [7, 11) is 1.23. The van der Waals surface area contributed by atoms with Gasteiger partial charge in [-0.15, -0.1) is 12.4 Å². The van der Waals surface area contributed by atoms with Crippen LogP contribution in [-0.2, 0) is 9.53 Å². The molecule has 0 saturated carbocycles. The van der Waals surface area contributed by atoms with Crippen molar-refractivity contribution in [3.8, 4) is 17.2 Å². The van der Waals surface area contributed by atoms with Crippen molar-refractivity contribution in [2.75, 3.05) is 7.11 Å². The van der Waals surface area contributed by atoms with Gasteiger partial charge in [0.25, 0.3) is 0 Å². The molecule has 0 aliphatic carbocycles. The second kappa shape index (κ2) is 6.17. The van der Waals surface area contributed by atoms with Crippen molar-refractivity contribution in [3.63, 3.8) is 0 Å². The lowest BCUT2D eigenvalue weighted by molar-refractivity contribution is -0.141. The van der Waals surface area contributed by atoms with Gasteiger partial charge in [0.05, 0.1) is 13.5 Å². The van der Waals surface area contributed by atoms with Gasteiger partial charge in [-0.3, -0.25) is 4.79 Å². The second-order valence-electron chi connectivity index (χ2n) is 3.26. The van der Waals surface area contributed by atoms with Crippen molar-refractivity contribution in [3.05, 3.63) is 17.7 Å². The van der Waals surface area contributed by atoms with Crippen LogP contribution < -0.4 is 5.73 Å². The molecular formula is C10H14ClNO5. The lowest BCUT2D eigenvalue weighted by Gasteiger charge is -2.13. The first kappa shape index (κ1) is 15.3. The van der Waals surface area contributed by atoms with Crippen molar-refractivity contribution in [1.29, 1.82) is 0 Å². The number of ether oxygens (including phenoxy) is 1. The number of rotatable bonds is 3. The van der Waals surface area contributed by atoms with Gasteiger partial charge in [0, 0.05) is 11.6 Å². The molecule has 0 amide bonds. The summed E-state index contributed by atoms with van der Waals surface area (Å²) in [6.45, 7) is 0. The third kappa shape index (κ3) is 3.40. The molecule has 0 saturated heterocycles. The van der Waals surface area contributed by atoms with Crippen LogP contribution in [0.15, 0.2) is 12.1 Å². The molecule has 1 atom stereocenters. The Morgan fingerprint density at radius 1 is 1.35 bits per heavy atom. The molecule has 1 aromatic rings. The summed E-state index contributed by atoms with van der Waals surface area (Å²) in [6, 6.07) is 1.71. The number of phenolic OH excluding ortho intramolecular Hbond substituents is 3. The summed E-state index contributed by atoms with van der Waals surface area (Å²) in [4.78, 5) is 11.0. The molecule has 96 valence electrons. The van der Waals surface area contributed by atoms with Gasteiger partial charge in [-0.25, -0.2) is 0 Å². The third-order valence-electron chi connectivity index (χ3n) is 2.17. The van der Waals surface area contributed by atoms with Gasteiger partial charge in [0.2, 0.25) is 5.75 Å². The summed E-state index contributed by atoms with van der Waals surface area (Å²) in [5.74, 6) is -2.17. The monoisotopic (exact) mass is 263 g/mol. The predicted octanol–water partition coefficient (Wildman–Crippen LogP) is 0.788. The third-order valence-corrected chi connectivity index (χ3v) is 2.17. The maximum atomic E-state index is 11.0. The number of esters is 1. The summed E-state index contributed by atoms with van der Waals surface area (Å²) in [5.41, 5.74) is 5.81. The van der Waals surface area contributed by atoms with E-state index in [9.17, 15) is 15.0 Å². The van der Waals surface area contributed by atoms with Crippen molar-refractivity contribution in [2.45, 2.75) is 12.5 Å². The maximum absolute atomic E-state index is 11.0. The molecule has 7 heteroatoms. The van der Waals surface area contributed by atoms with E-state index in [1.807, 2.05) is 0 Å². The quantitative estimate of drug-likeness (QED) is 0.474. The Hall–Kier alpha value is -1.66. The molecule has 0 unspecified atom stereocenters. The predicted molar refractivity (Wildman–Crippen MR) is 62.2 cm³/mol. The molecular weight excluding hydrogens is 250 g/mol. The molecule has 6 nitrogen and oxygen atoms in total. The SMILES string of the molecule is COC(=O)C[C@@H](N)c1ccc(O)c(O)c1O.Cl. The normalized spacial score (nSPS) is 11.4. The molecule has 0 bridgehead atoms. The molecule has 5 N–H and O–H groups in total. The molecule has 1 rings (SSSR count). The van der Waals surface area contributed by atoms with E-state index in [1.54, 1.807) is 0 Å². The van der Waals surface area contributed by atoms with E-state index < -0.39 is 29.3 Å². The number of hydrogen-bond donors (Lipinski definition) is 4. The average Bonchev–Trinajstić information content (AvgIpc) is 2.25. The fourth-order valence-corrected chi connectivity index (χ4v) is 1.26. The van der Waals surface area contributed by atoms with Gasteiger partial charge in [-0.1, -0.05) is 0 Å². The van der Waals surface area contributed by atoms with Crippen molar-refractivity contribution < 1.29 is 24.9 Å². The van der Waals surface area contributed by atoms with E-state index in [0.717, 1.165) is 0 Å². The summed E-state index contributed by atoms with van der Waals surface area (Å²) < 4.78 is 4.42. The highest BCUT2D eigenvalue weighted by Gasteiger charge is 2.19. The highest BCUT2D eigenvalue weighted by Crippen LogP contribution is 2.39. The Kier molecular flexibility index (Phi) is 5.57. The van der Waals surface area contributed by atoms with Crippen LogP contribution >= 0.6 is 12.4 Å². The number of carbonyl (C=O) groups is 1. The minimum absolute atomic E-state index is 0. The van der Waals surface area contributed by atoms with Gasteiger partial charge >= 0.3 is 5.97 Å². The maximum Gasteiger partial charge on any atom is 0.307 e. The lowest BCUT2D eigenvalue weighted by atomic mass is 10.0. The van der Waals surface area contributed by atoms with E-state index in [1.165, 1.54) is 19.2 Å². The molecule has 0 fully saturated rings. The number of carbonyl (C=O) groups excluding carboxylic acids is 1. The fraction of sp³-hybridized carbons (Fsp3) is 0.300. The molecule has 0 spiro atoms. The number of phenols is 3. The Morgan fingerprint density at radius 2 is 1.94 bits per heavy atom. The molecule has 0 aliphatic rings. The zero-order valence-electron chi connectivity index (χ0n) is 9.08. The van der Waals surface area contributed by atoms with Crippen LogP contribution in [0.2, 0.25) is 0 Å². The molecule has 0 heterocycles. The van der Waals surface area contributed by atoms with E-state index in [0.29, 0.717) is 0 Å². The number of aromatic hydroxyl groups is 3. The van der Waals surface area contributed by atoms with Gasteiger partial charge in [0.1, 0.15) is 0 Å². The highest BCUT2D eigenvalue weighted by molar-refractivity contribution is 5.85. The lowest BCUT2D eigenvalue weighted by Crippen LogP contribution is -2.16. The van der Waals surface area contributed by atoms with Crippen LogP contribution in [0.3, 0.4) is 0 Å². The number of benzene rings is 1. The zero-order chi connectivity index (χ0) is 12.3. The topological polar surface area (TPSA) is 113 Å². The van der Waals surface area contributed by atoms with E-state index in [4.69, 9.17) is 10.8 Å². The number of nitrogens with two attached hydrogens (primary N) is 1. The average molecular weight is 264 g/mol. The number of hydrogen-bond acceptors (Lipinski definition) is 6. The van der Waals surface area contributed by atoms with Crippen LogP contribution in [0.5, 0.6) is 17.2 Å². The standard InChI is InChI=1S/C10H13NO5.ClH/c1-16-8(13)4-6(11)5-2-3-7(12)10(15)9(5)14;/h2-3,6,12,14-15H,4,11H2,1H3;1H/t6-;/m1./s1. The Labute approximate surface area is 104 Å². The van der Waals surface area contributed by atoms with Crippen LogP contribution in [0, 0.1) is 0 Å². The Bertz CT molecular complexity index is 410. The minimum Gasteiger partial charge on any atom is -0.504 e. The van der Waals surface area contributed by atoms with Crippen LogP contribution in [0.25, 0.3) is 0 Å². The van der Waals surface area contributed by atoms with Crippen LogP contribution in [-0.4, -0.2) is 28.4 Å². The molecule has 0 aromatic heterocycles. The van der Waals surface area contributed by atoms with E-state index in [-0.39, 0.29) is 24.4 Å². The van der Waals surface area contributed by atoms with Crippen molar-refractivity contribution >= 4 is 18.4 Å². The first-order valence-electron chi connectivity index (χ1n) is 4.53. The first-order valence-corrected chi connectivity index (χ1v) is 4.53. The van der Waals surface area contributed by atoms with Crippen molar-refractivity contribution in [1.82, 2.24) is 0 Å². The Balaban J connectivity index is 0.00000256. The van der Waals surface area contributed by atoms with Crippen molar-refractivity contribution in [2.24, 2.45) is 5.73 Å². The molecule has 1 aromatic carbocycles. The van der Waals surface area contributed by atoms with Gasteiger partial charge < -0.3 is 25.8 Å².